The van der Waals surface area contributed by atoms with Crippen LogP contribution in [0.15, 0.2) is 51.8 Å². The highest BCUT2D eigenvalue weighted by Crippen LogP contribution is 2.25. The minimum atomic E-state index is -3.94. The van der Waals surface area contributed by atoms with Gasteiger partial charge in [0.05, 0.1) is 0 Å². The summed E-state index contributed by atoms with van der Waals surface area (Å²) in [5.74, 6) is -0.774. The fourth-order valence-electron chi connectivity index (χ4n) is 1.55. The van der Waals surface area contributed by atoms with E-state index in [1.54, 1.807) is 37.3 Å². The van der Waals surface area contributed by atoms with Crippen LogP contribution in [0.3, 0.4) is 0 Å². The molecule has 1 N–H and O–H groups in total. The number of para-hydroxylation sites is 1. The third-order valence-corrected chi connectivity index (χ3v) is 4.78. The molecule has 0 unspecified atom stereocenters. The monoisotopic (exact) mass is 343 g/mol. The summed E-state index contributed by atoms with van der Waals surface area (Å²) in [4.78, 5) is -0.381. The quantitative estimate of drug-likeness (QED) is 0.923. The second-order valence-corrected chi connectivity index (χ2v) is 6.51. The molecule has 100 valence electrons. The Bertz CT molecular complexity index is 702. The molecule has 3 nitrogen and oxygen atoms in total. The third-order valence-electron chi connectivity index (χ3n) is 2.53. The summed E-state index contributed by atoms with van der Waals surface area (Å²) < 4.78 is 40.9. The number of rotatable bonds is 3. The van der Waals surface area contributed by atoms with Crippen molar-refractivity contribution in [2.75, 3.05) is 4.72 Å². The van der Waals surface area contributed by atoms with Gasteiger partial charge in [-0.3, -0.25) is 4.72 Å². The van der Waals surface area contributed by atoms with Gasteiger partial charge in [-0.25, -0.2) is 12.8 Å². The average Bonchev–Trinajstić information content (AvgIpc) is 2.34. The van der Waals surface area contributed by atoms with Crippen molar-refractivity contribution in [2.45, 2.75) is 11.8 Å². The molecule has 2 rings (SSSR count). The molecular formula is C13H11BrFNO2S. The van der Waals surface area contributed by atoms with Gasteiger partial charge in [0.2, 0.25) is 0 Å². The first-order valence-corrected chi connectivity index (χ1v) is 7.71. The molecule has 0 aliphatic heterocycles. The molecule has 0 aliphatic carbocycles. The van der Waals surface area contributed by atoms with Crippen molar-refractivity contribution in [3.8, 4) is 0 Å². The van der Waals surface area contributed by atoms with Crippen molar-refractivity contribution in [2.24, 2.45) is 0 Å². The van der Waals surface area contributed by atoms with Crippen molar-refractivity contribution in [3.63, 3.8) is 0 Å². The van der Waals surface area contributed by atoms with Crippen LogP contribution in [0, 0.1) is 12.7 Å². The number of hydrogen-bond acceptors (Lipinski definition) is 2. The van der Waals surface area contributed by atoms with Gasteiger partial charge in [0.25, 0.3) is 10.0 Å². The van der Waals surface area contributed by atoms with E-state index in [-0.39, 0.29) is 4.90 Å². The summed E-state index contributed by atoms with van der Waals surface area (Å²) in [7, 11) is -3.94. The zero-order chi connectivity index (χ0) is 14.0. The van der Waals surface area contributed by atoms with Crippen LogP contribution in [-0.4, -0.2) is 8.42 Å². The van der Waals surface area contributed by atoms with Gasteiger partial charge in [-0.2, -0.15) is 0 Å². The van der Waals surface area contributed by atoms with E-state index in [9.17, 15) is 12.8 Å². The maximum absolute atomic E-state index is 13.8. The molecule has 0 radical (unpaired) electrons. The highest BCUT2D eigenvalue weighted by atomic mass is 79.9. The molecule has 6 heteroatoms. The molecule has 2 aromatic rings. The first-order valence-electron chi connectivity index (χ1n) is 5.43. The number of sulfonamides is 1. The molecule has 0 fully saturated rings. The van der Waals surface area contributed by atoms with E-state index < -0.39 is 15.8 Å². The summed E-state index contributed by atoms with van der Waals surface area (Å²) in [5, 5.41) is 0. The van der Waals surface area contributed by atoms with E-state index in [4.69, 9.17) is 0 Å². The lowest BCUT2D eigenvalue weighted by atomic mass is 10.2. The fourth-order valence-corrected chi connectivity index (χ4v) is 3.19. The van der Waals surface area contributed by atoms with Gasteiger partial charge in [0.1, 0.15) is 10.7 Å². The third kappa shape index (κ3) is 3.13. The maximum Gasteiger partial charge on any atom is 0.264 e. The number of nitrogens with one attached hydrogen (secondary N) is 1. The summed E-state index contributed by atoms with van der Waals surface area (Å²) in [5.41, 5.74) is 1.02. The smallest absolute Gasteiger partial charge is 0.264 e. The van der Waals surface area contributed by atoms with Gasteiger partial charge < -0.3 is 0 Å². The van der Waals surface area contributed by atoms with Gasteiger partial charge >= 0.3 is 0 Å². The zero-order valence-electron chi connectivity index (χ0n) is 10.0. The molecule has 0 aromatic heterocycles. The fraction of sp³-hybridized carbons (Fsp3) is 0.0769. The van der Waals surface area contributed by atoms with E-state index in [1.807, 2.05) is 0 Å². The first-order chi connectivity index (χ1) is 8.90. The van der Waals surface area contributed by atoms with Gasteiger partial charge in [0, 0.05) is 10.2 Å². The predicted molar refractivity (Wildman–Crippen MR) is 76.1 cm³/mol. The summed E-state index contributed by atoms with van der Waals surface area (Å²) in [6, 6.07) is 10.8. The van der Waals surface area contributed by atoms with Crippen molar-refractivity contribution in [3.05, 3.63) is 58.3 Å². The van der Waals surface area contributed by atoms with Crippen LogP contribution < -0.4 is 4.72 Å². The van der Waals surface area contributed by atoms with Crippen LogP contribution in [-0.2, 0) is 10.0 Å². The Balaban J connectivity index is 2.43. The zero-order valence-corrected chi connectivity index (χ0v) is 12.4. The molecule has 0 saturated heterocycles. The lowest BCUT2D eigenvalue weighted by Crippen LogP contribution is -2.14. The number of benzene rings is 2. The number of anilines is 1. The topological polar surface area (TPSA) is 46.2 Å². The van der Waals surface area contributed by atoms with Gasteiger partial charge in [-0.1, -0.05) is 34.1 Å². The van der Waals surface area contributed by atoms with Crippen LogP contribution in [0.2, 0.25) is 0 Å². The molecule has 0 bridgehead atoms. The molecule has 0 saturated carbocycles. The van der Waals surface area contributed by atoms with E-state index in [0.717, 1.165) is 0 Å². The Morgan fingerprint density at radius 2 is 1.79 bits per heavy atom. The van der Waals surface area contributed by atoms with Crippen LogP contribution in [0.25, 0.3) is 0 Å². The summed E-state index contributed by atoms with van der Waals surface area (Å²) in [6.07, 6.45) is 0. The minimum absolute atomic E-state index is 0.381. The lowest BCUT2D eigenvalue weighted by molar-refractivity contribution is 0.569. The van der Waals surface area contributed by atoms with Crippen molar-refractivity contribution >= 4 is 31.6 Å². The Kier molecular flexibility index (Phi) is 3.91. The number of aryl methyl sites for hydroxylation is 1. The minimum Gasteiger partial charge on any atom is -0.280 e. The van der Waals surface area contributed by atoms with Gasteiger partial charge in [-0.05, 0) is 36.8 Å². The first kappa shape index (κ1) is 14.0. The SMILES string of the molecule is Cc1cc(F)c(S(=O)(=O)Nc2ccccc2)cc1Br. The Hall–Kier alpha value is -1.40. The maximum atomic E-state index is 13.8. The molecule has 19 heavy (non-hydrogen) atoms. The molecule has 0 atom stereocenters. The van der Waals surface area contributed by atoms with Crippen molar-refractivity contribution < 1.29 is 12.8 Å². The Morgan fingerprint density at radius 3 is 2.42 bits per heavy atom. The second-order valence-electron chi connectivity index (χ2n) is 4.00. The molecule has 0 amide bonds. The lowest BCUT2D eigenvalue weighted by Gasteiger charge is -2.10. The van der Waals surface area contributed by atoms with Gasteiger partial charge in [0.15, 0.2) is 0 Å². The average molecular weight is 344 g/mol. The van der Waals surface area contributed by atoms with E-state index in [1.165, 1.54) is 12.1 Å². The predicted octanol–water partition coefficient (Wildman–Crippen LogP) is 3.70. The van der Waals surface area contributed by atoms with Crippen LogP contribution in [0.5, 0.6) is 0 Å². The number of hydrogen-bond donors (Lipinski definition) is 1. The van der Waals surface area contributed by atoms with E-state index in [2.05, 4.69) is 20.7 Å². The van der Waals surface area contributed by atoms with E-state index >= 15 is 0 Å². The molecule has 2 aromatic carbocycles. The largest absolute Gasteiger partial charge is 0.280 e. The second kappa shape index (κ2) is 5.30. The highest BCUT2D eigenvalue weighted by molar-refractivity contribution is 9.10. The van der Waals surface area contributed by atoms with Crippen LogP contribution >= 0.6 is 15.9 Å². The summed E-state index contributed by atoms with van der Waals surface area (Å²) >= 11 is 3.20. The molecule has 0 aliphatic rings. The molecule has 0 spiro atoms. The van der Waals surface area contributed by atoms with Crippen LogP contribution in [0.4, 0.5) is 10.1 Å². The Morgan fingerprint density at radius 1 is 1.16 bits per heavy atom. The molecular weight excluding hydrogens is 333 g/mol. The van der Waals surface area contributed by atoms with Crippen LogP contribution in [0.1, 0.15) is 5.56 Å². The molecule has 0 heterocycles. The van der Waals surface area contributed by atoms with Crippen molar-refractivity contribution in [1.29, 1.82) is 0 Å². The van der Waals surface area contributed by atoms with E-state index in [0.29, 0.717) is 15.7 Å². The summed E-state index contributed by atoms with van der Waals surface area (Å²) in [6.45, 7) is 1.69. The standard InChI is InChI=1S/C13H11BrFNO2S/c1-9-7-12(15)13(8-11(9)14)19(17,18)16-10-5-3-2-4-6-10/h2-8,16H,1H3. The Labute approximate surface area is 119 Å². The van der Waals surface area contributed by atoms with Gasteiger partial charge in [-0.15, -0.1) is 0 Å². The highest BCUT2D eigenvalue weighted by Gasteiger charge is 2.20. The normalized spacial score (nSPS) is 11.3. The number of halogens is 2. The van der Waals surface area contributed by atoms with Crippen molar-refractivity contribution in [1.82, 2.24) is 0 Å².